The summed E-state index contributed by atoms with van der Waals surface area (Å²) in [6.07, 6.45) is 0. The SMILES string of the molecule is Cc1nc(-c2ccc(F)cc2Br)nc(N)c1C#N. The van der Waals surface area contributed by atoms with E-state index in [9.17, 15) is 4.39 Å². The van der Waals surface area contributed by atoms with Gasteiger partial charge in [-0.25, -0.2) is 14.4 Å². The van der Waals surface area contributed by atoms with Crippen LogP contribution in [-0.2, 0) is 0 Å². The molecule has 18 heavy (non-hydrogen) atoms. The number of nitrogens with two attached hydrogens (primary N) is 1. The van der Waals surface area contributed by atoms with Crippen LogP contribution in [0.3, 0.4) is 0 Å². The second-order valence-corrected chi connectivity index (χ2v) is 4.48. The van der Waals surface area contributed by atoms with E-state index in [4.69, 9.17) is 11.0 Å². The lowest BCUT2D eigenvalue weighted by Gasteiger charge is -2.07. The quantitative estimate of drug-likeness (QED) is 0.879. The van der Waals surface area contributed by atoms with Gasteiger partial charge in [0.15, 0.2) is 5.82 Å². The summed E-state index contributed by atoms with van der Waals surface area (Å²) in [6.45, 7) is 1.68. The van der Waals surface area contributed by atoms with Crippen molar-refractivity contribution in [3.63, 3.8) is 0 Å². The van der Waals surface area contributed by atoms with Gasteiger partial charge in [-0.2, -0.15) is 5.26 Å². The van der Waals surface area contributed by atoms with E-state index < -0.39 is 0 Å². The smallest absolute Gasteiger partial charge is 0.162 e. The van der Waals surface area contributed by atoms with Crippen molar-refractivity contribution in [2.24, 2.45) is 0 Å². The molecule has 1 aromatic carbocycles. The van der Waals surface area contributed by atoms with Crippen molar-refractivity contribution < 1.29 is 4.39 Å². The highest BCUT2D eigenvalue weighted by molar-refractivity contribution is 9.10. The minimum atomic E-state index is -0.357. The molecule has 0 saturated carbocycles. The van der Waals surface area contributed by atoms with Gasteiger partial charge < -0.3 is 5.73 Å². The number of aryl methyl sites for hydroxylation is 1. The molecular formula is C12H8BrFN4. The van der Waals surface area contributed by atoms with Crippen molar-refractivity contribution in [3.05, 3.63) is 39.7 Å². The molecule has 0 unspecified atom stereocenters. The van der Waals surface area contributed by atoms with Crippen LogP contribution >= 0.6 is 15.9 Å². The second-order valence-electron chi connectivity index (χ2n) is 3.63. The van der Waals surface area contributed by atoms with E-state index in [2.05, 4.69) is 25.9 Å². The fraction of sp³-hybridized carbons (Fsp3) is 0.0833. The molecule has 90 valence electrons. The van der Waals surface area contributed by atoms with Crippen LogP contribution < -0.4 is 5.73 Å². The van der Waals surface area contributed by atoms with Gasteiger partial charge in [0.25, 0.3) is 0 Å². The van der Waals surface area contributed by atoms with Crippen molar-refractivity contribution in [2.45, 2.75) is 6.92 Å². The highest BCUT2D eigenvalue weighted by Gasteiger charge is 2.12. The van der Waals surface area contributed by atoms with Crippen LogP contribution in [-0.4, -0.2) is 9.97 Å². The molecule has 4 nitrogen and oxygen atoms in total. The second kappa shape index (κ2) is 4.70. The number of halogens is 2. The minimum Gasteiger partial charge on any atom is -0.382 e. The van der Waals surface area contributed by atoms with E-state index >= 15 is 0 Å². The number of nitrogens with zero attached hydrogens (tertiary/aromatic N) is 3. The fourth-order valence-electron chi connectivity index (χ4n) is 1.52. The lowest BCUT2D eigenvalue weighted by Crippen LogP contribution is -2.03. The summed E-state index contributed by atoms with van der Waals surface area (Å²) < 4.78 is 13.5. The summed E-state index contributed by atoms with van der Waals surface area (Å²) in [7, 11) is 0. The van der Waals surface area contributed by atoms with Crippen molar-refractivity contribution in [3.8, 4) is 17.5 Å². The maximum absolute atomic E-state index is 13.0. The molecule has 6 heteroatoms. The van der Waals surface area contributed by atoms with Gasteiger partial charge in [-0.1, -0.05) is 0 Å². The van der Waals surface area contributed by atoms with Crippen molar-refractivity contribution in [1.82, 2.24) is 9.97 Å². The average Bonchev–Trinajstić information content (AvgIpc) is 2.28. The third kappa shape index (κ3) is 2.17. The van der Waals surface area contributed by atoms with Crippen LogP contribution in [0.1, 0.15) is 11.3 Å². The molecule has 0 aliphatic rings. The highest BCUT2D eigenvalue weighted by atomic mass is 79.9. The van der Waals surface area contributed by atoms with Gasteiger partial charge in [-0.05, 0) is 41.1 Å². The molecule has 2 rings (SSSR count). The third-order valence-corrected chi connectivity index (χ3v) is 3.06. The van der Waals surface area contributed by atoms with Gasteiger partial charge in [0.05, 0.1) is 5.69 Å². The van der Waals surface area contributed by atoms with E-state index in [-0.39, 0.29) is 17.2 Å². The largest absolute Gasteiger partial charge is 0.382 e. The zero-order valence-electron chi connectivity index (χ0n) is 9.41. The Morgan fingerprint density at radius 2 is 2.11 bits per heavy atom. The van der Waals surface area contributed by atoms with Gasteiger partial charge in [0.1, 0.15) is 23.3 Å². The van der Waals surface area contributed by atoms with E-state index in [0.29, 0.717) is 21.6 Å². The Kier molecular flexibility index (Phi) is 3.26. The molecule has 0 radical (unpaired) electrons. The molecule has 2 N–H and O–H groups in total. The summed E-state index contributed by atoms with van der Waals surface area (Å²) in [4.78, 5) is 8.26. The summed E-state index contributed by atoms with van der Waals surface area (Å²) in [5.74, 6) is 0.121. The first kappa shape index (κ1) is 12.5. The van der Waals surface area contributed by atoms with Gasteiger partial charge in [0.2, 0.25) is 0 Å². The Bertz CT molecular complexity index is 641. The van der Waals surface area contributed by atoms with Gasteiger partial charge in [0, 0.05) is 10.0 Å². The first-order chi connectivity index (χ1) is 8.52. The monoisotopic (exact) mass is 306 g/mol. The molecule has 0 fully saturated rings. The third-order valence-electron chi connectivity index (χ3n) is 2.40. The van der Waals surface area contributed by atoms with Crippen molar-refractivity contribution >= 4 is 21.7 Å². The summed E-state index contributed by atoms with van der Waals surface area (Å²) >= 11 is 3.24. The first-order valence-corrected chi connectivity index (χ1v) is 5.82. The molecule has 2 aromatic rings. The Morgan fingerprint density at radius 1 is 1.39 bits per heavy atom. The zero-order chi connectivity index (χ0) is 13.3. The number of hydrogen-bond donors (Lipinski definition) is 1. The molecule has 1 heterocycles. The summed E-state index contributed by atoms with van der Waals surface area (Å²) in [6, 6.07) is 6.13. The lowest BCUT2D eigenvalue weighted by atomic mass is 10.2. The van der Waals surface area contributed by atoms with Crippen molar-refractivity contribution in [2.75, 3.05) is 5.73 Å². The number of anilines is 1. The zero-order valence-corrected chi connectivity index (χ0v) is 11.0. The first-order valence-electron chi connectivity index (χ1n) is 5.02. The standard InChI is InChI=1S/C12H8BrFN4/c1-6-9(5-15)11(16)18-12(17-6)8-3-2-7(14)4-10(8)13/h2-4H,1H3,(H2,16,17,18). The molecule has 0 atom stereocenters. The molecule has 0 aliphatic carbocycles. The average molecular weight is 307 g/mol. The van der Waals surface area contributed by atoms with E-state index in [1.807, 2.05) is 6.07 Å². The van der Waals surface area contributed by atoms with Crippen LogP contribution in [0.5, 0.6) is 0 Å². The predicted molar refractivity (Wildman–Crippen MR) is 69.0 cm³/mol. The Hall–Kier alpha value is -2.00. The number of aromatic nitrogens is 2. The fourth-order valence-corrected chi connectivity index (χ4v) is 2.05. The number of nitrogen functional groups attached to an aromatic ring is 1. The minimum absolute atomic E-state index is 0.122. The van der Waals surface area contributed by atoms with Crippen LogP contribution in [0.2, 0.25) is 0 Å². The topological polar surface area (TPSA) is 75.6 Å². The Labute approximate surface area is 111 Å². The van der Waals surface area contributed by atoms with Crippen LogP contribution in [0.15, 0.2) is 22.7 Å². The molecular weight excluding hydrogens is 299 g/mol. The molecule has 0 saturated heterocycles. The molecule has 0 aliphatic heterocycles. The number of nitriles is 1. The van der Waals surface area contributed by atoms with Gasteiger partial charge >= 0.3 is 0 Å². The molecule has 1 aromatic heterocycles. The molecule has 0 bridgehead atoms. The number of hydrogen-bond acceptors (Lipinski definition) is 4. The normalized spacial score (nSPS) is 10.1. The van der Waals surface area contributed by atoms with Crippen LogP contribution in [0, 0.1) is 24.1 Å². The maximum Gasteiger partial charge on any atom is 0.162 e. The van der Waals surface area contributed by atoms with Crippen LogP contribution in [0.25, 0.3) is 11.4 Å². The number of benzene rings is 1. The highest BCUT2D eigenvalue weighted by Crippen LogP contribution is 2.27. The van der Waals surface area contributed by atoms with E-state index in [0.717, 1.165) is 0 Å². The molecule has 0 spiro atoms. The summed E-state index contributed by atoms with van der Waals surface area (Å²) in [5, 5.41) is 8.88. The predicted octanol–water partition coefficient (Wildman–Crippen LogP) is 2.81. The van der Waals surface area contributed by atoms with E-state index in [1.165, 1.54) is 12.1 Å². The lowest BCUT2D eigenvalue weighted by molar-refractivity contribution is 0.627. The Balaban J connectivity index is 2.63. The summed E-state index contributed by atoms with van der Waals surface area (Å²) in [5.41, 5.74) is 7.07. The van der Waals surface area contributed by atoms with Crippen molar-refractivity contribution in [1.29, 1.82) is 5.26 Å². The number of rotatable bonds is 1. The molecule has 0 amide bonds. The maximum atomic E-state index is 13.0. The van der Waals surface area contributed by atoms with E-state index in [1.54, 1.807) is 13.0 Å². The van der Waals surface area contributed by atoms with Crippen LogP contribution in [0.4, 0.5) is 10.2 Å². The Morgan fingerprint density at radius 3 is 2.67 bits per heavy atom. The van der Waals surface area contributed by atoms with Gasteiger partial charge in [-0.3, -0.25) is 0 Å². The van der Waals surface area contributed by atoms with Gasteiger partial charge in [-0.15, -0.1) is 0 Å².